The van der Waals surface area contributed by atoms with Crippen LogP contribution in [0.1, 0.15) is 44.3 Å². The van der Waals surface area contributed by atoms with Crippen molar-refractivity contribution in [3.8, 4) is 11.4 Å². The van der Waals surface area contributed by atoms with Crippen LogP contribution in [0.25, 0.3) is 11.4 Å². The molecule has 2 heterocycles. The summed E-state index contributed by atoms with van der Waals surface area (Å²) in [5.41, 5.74) is 0.910. The van der Waals surface area contributed by atoms with Crippen LogP contribution in [0.15, 0.2) is 52.2 Å². The first-order chi connectivity index (χ1) is 14.7. The van der Waals surface area contributed by atoms with E-state index < -0.39 is 0 Å². The fourth-order valence-electron chi connectivity index (χ4n) is 3.73. The zero-order valence-corrected chi connectivity index (χ0v) is 18.3. The van der Waals surface area contributed by atoms with Gasteiger partial charge in [0.05, 0.1) is 18.6 Å². The monoisotopic (exact) mass is 444 g/mol. The molecular formula is C22H25ClN4O2S. The Hall–Kier alpha value is -2.25. The van der Waals surface area contributed by atoms with Crippen LogP contribution in [-0.2, 0) is 11.3 Å². The smallest absolute Gasteiger partial charge is 0.230 e. The number of thioether (sulfide) groups is 1. The van der Waals surface area contributed by atoms with Gasteiger partial charge in [0.1, 0.15) is 5.76 Å². The summed E-state index contributed by atoms with van der Waals surface area (Å²) in [6.45, 7) is 0.491. The number of rotatable bonds is 7. The average Bonchev–Trinajstić information content (AvgIpc) is 3.32. The van der Waals surface area contributed by atoms with Crippen molar-refractivity contribution < 1.29 is 9.21 Å². The Morgan fingerprint density at radius 3 is 2.60 bits per heavy atom. The second-order valence-corrected chi connectivity index (χ2v) is 8.90. The maximum atomic E-state index is 12.5. The number of benzene rings is 1. The molecule has 8 heteroatoms. The SMILES string of the molecule is O=C(CSc1nnc(-c2ccc(Cl)cc2)n1Cc1ccco1)NC1CCCCCC1. The highest BCUT2D eigenvalue weighted by Crippen LogP contribution is 2.26. The lowest BCUT2D eigenvalue weighted by atomic mass is 10.1. The number of carbonyl (C=O) groups is 1. The number of carbonyl (C=O) groups excluding carboxylic acids is 1. The third kappa shape index (κ3) is 5.46. The van der Waals surface area contributed by atoms with Crippen molar-refractivity contribution in [3.63, 3.8) is 0 Å². The molecule has 1 aliphatic carbocycles. The number of hydrogen-bond acceptors (Lipinski definition) is 5. The first kappa shape index (κ1) is 21.0. The highest BCUT2D eigenvalue weighted by atomic mass is 35.5. The lowest BCUT2D eigenvalue weighted by Gasteiger charge is -2.16. The maximum Gasteiger partial charge on any atom is 0.230 e. The van der Waals surface area contributed by atoms with Gasteiger partial charge in [0.15, 0.2) is 11.0 Å². The summed E-state index contributed by atoms with van der Waals surface area (Å²) in [6.07, 6.45) is 8.72. The highest BCUT2D eigenvalue weighted by molar-refractivity contribution is 7.99. The van der Waals surface area contributed by atoms with Crippen molar-refractivity contribution in [2.24, 2.45) is 0 Å². The number of amides is 1. The van der Waals surface area contributed by atoms with E-state index in [2.05, 4.69) is 15.5 Å². The topological polar surface area (TPSA) is 73.0 Å². The Morgan fingerprint density at radius 2 is 1.90 bits per heavy atom. The lowest BCUT2D eigenvalue weighted by molar-refractivity contribution is -0.119. The van der Waals surface area contributed by atoms with E-state index in [0.717, 1.165) is 30.0 Å². The molecule has 0 atom stereocenters. The van der Waals surface area contributed by atoms with Gasteiger partial charge in [-0.25, -0.2) is 0 Å². The summed E-state index contributed by atoms with van der Waals surface area (Å²) in [6, 6.07) is 11.6. The molecule has 0 aliphatic heterocycles. The predicted molar refractivity (Wildman–Crippen MR) is 119 cm³/mol. The molecule has 0 unspecified atom stereocenters. The predicted octanol–water partition coefficient (Wildman–Crippen LogP) is 5.17. The second kappa shape index (κ2) is 10.2. The molecule has 3 aromatic rings. The molecule has 0 radical (unpaired) electrons. The Labute approximate surface area is 185 Å². The van der Waals surface area contributed by atoms with Crippen LogP contribution in [0.2, 0.25) is 5.02 Å². The number of hydrogen-bond donors (Lipinski definition) is 1. The first-order valence-corrected chi connectivity index (χ1v) is 11.7. The molecule has 0 saturated heterocycles. The summed E-state index contributed by atoms with van der Waals surface area (Å²) in [7, 11) is 0. The highest BCUT2D eigenvalue weighted by Gasteiger charge is 2.19. The minimum atomic E-state index is 0.0486. The second-order valence-electron chi connectivity index (χ2n) is 7.52. The van der Waals surface area contributed by atoms with Crippen molar-refractivity contribution in [3.05, 3.63) is 53.4 Å². The van der Waals surface area contributed by atoms with Crippen LogP contribution in [0.4, 0.5) is 0 Å². The quantitative estimate of drug-likeness (QED) is 0.402. The Kier molecular flexibility index (Phi) is 7.12. The van der Waals surface area contributed by atoms with Gasteiger partial charge in [-0.05, 0) is 49.2 Å². The van der Waals surface area contributed by atoms with E-state index in [1.54, 1.807) is 6.26 Å². The van der Waals surface area contributed by atoms with Gasteiger partial charge >= 0.3 is 0 Å². The van der Waals surface area contributed by atoms with Crippen LogP contribution in [-0.4, -0.2) is 32.5 Å². The van der Waals surface area contributed by atoms with Crippen molar-refractivity contribution in [2.75, 3.05) is 5.75 Å². The molecule has 1 aliphatic rings. The van der Waals surface area contributed by atoms with Gasteiger partial charge in [-0.2, -0.15) is 0 Å². The van der Waals surface area contributed by atoms with Crippen LogP contribution >= 0.6 is 23.4 Å². The van der Waals surface area contributed by atoms with Gasteiger partial charge in [-0.3, -0.25) is 9.36 Å². The normalized spacial score (nSPS) is 15.1. The van der Waals surface area contributed by atoms with Crippen molar-refractivity contribution in [1.29, 1.82) is 0 Å². The van der Waals surface area contributed by atoms with Crippen LogP contribution < -0.4 is 5.32 Å². The Bertz CT molecular complexity index is 948. The van der Waals surface area contributed by atoms with E-state index in [0.29, 0.717) is 28.5 Å². The van der Waals surface area contributed by atoms with Crippen LogP contribution in [0, 0.1) is 0 Å². The summed E-state index contributed by atoms with van der Waals surface area (Å²) < 4.78 is 7.50. The van der Waals surface area contributed by atoms with Crippen molar-refractivity contribution in [2.45, 2.75) is 56.3 Å². The van der Waals surface area contributed by atoms with Gasteiger partial charge in [-0.15, -0.1) is 10.2 Å². The molecule has 0 spiro atoms. The average molecular weight is 445 g/mol. The van der Waals surface area contributed by atoms with E-state index in [4.69, 9.17) is 16.0 Å². The fourth-order valence-corrected chi connectivity index (χ4v) is 4.61. The van der Waals surface area contributed by atoms with E-state index in [1.165, 1.54) is 37.4 Å². The zero-order chi connectivity index (χ0) is 20.8. The summed E-state index contributed by atoms with van der Waals surface area (Å²) in [5, 5.41) is 13.3. The van der Waals surface area contributed by atoms with Gasteiger partial charge in [0.25, 0.3) is 0 Å². The van der Waals surface area contributed by atoms with E-state index in [9.17, 15) is 4.79 Å². The van der Waals surface area contributed by atoms with Gasteiger partial charge in [0.2, 0.25) is 5.91 Å². The largest absolute Gasteiger partial charge is 0.467 e. The lowest BCUT2D eigenvalue weighted by Crippen LogP contribution is -2.35. The van der Waals surface area contributed by atoms with Gasteiger partial charge in [0, 0.05) is 16.6 Å². The first-order valence-electron chi connectivity index (χ1n) is 10.3. The fraction of sp³-hybridized carbons (Fsp3) is 0.409. The summed E-state index contributed by atoms with van der Waals surface area (Å²) in [4.78, 5) is 12.5. The van der Waals surface area contributed by atoms with Gasteiger partial charge in [-0.1, -0.05) is 49.0 Å². The number of nitrogens with one attached hydrogen (secondary N) is 1. The maximum absolute atomic E-state index is 12.5. The molecule has 1 amide bonds. The zero-order valence-electron chi connectivity index (χ0n) is 16.7. The minimum Gasteiger partial charge on any atom is -0.467 e. The summed E-state index contributed by atoms with van der Waals surface area (Å²) in [5.74, 6) is 1.88. The molecule has 0 bridgehead atoms. The van der Waals surface area contributed by atoms with Crippen LogP contribution in [0.5, 0.6) is 0 Å². The third-order valence-electron chi connectivity index (χ3n) is 5.27. The molecule has 158 valence electrons. The number of nitrogens with zero attached hydrogens (tertiary/aromatic N) is 3. The molecule has 6 nitrogen and oxygen atoms in total. The van der Waals surface area contributed by atoms with Crippen LogP contribution in [0.3, 0.4) is 0 Å². The summed E-state index contributed by atoms with van der Waals surface area (Å²) >= 11 is 7.43. The van der Waals surface area contributed by atoms with Gasteiger partial charge < -0.3 is 9.73 Å². The van der Waals surface area contributed by atoms with Crippen molar-refractivity contribution in [1.82, 2.24) is 20.1 Å². The van der Waals surface area contributed by atoms with E-state index >= 15 is 0 Å². The third-order valence-corrected chi connectivity index (χ3v) is 6.48. The molecule has 30 heavy (non-hydrogen) atoms. The molecular weight excluding hydrogens is 420 g/mol. The molecule has 1 fully saturated rings. The molecule has 2 aromatic heterocycles. The molecule has 1 N–H and O–H groups in total. The Balaban J connectivity index is 1.47. The van der Waals surface area contributed by atoms with E-state index in [-0.39, 0.29) is 5.91 Å². The molecule has 4 rings (SSSR count). The molecule has 1 aromatic carbocycles. The minimum absolute atomic E-state index is 0.0486. The number of halogens is 1. The molecule has 1 saturated carbocycles. The Morgan fingerprint density at radius 1 is 1.13 bits per heavy atom. The number of aromatic nitrogens is 3. The van der Waals surface area contributed by atoms with Crippen molar-refractivity contribution >= 4 is 29.3 Å². The van der Waals surface area contributed by atoms with E-state index in [1.807, 2.05) is 41.0 Å². The number of furan rings is 1. The standard InChI is InChI=1S/C22H25ClN4O2S/c23-17-11-9-16(10-12-17)21-25-26-22(27(21)14-19-8-5-13-29-19)30-15-20(28)24-18-6-3-1-2-4-7-18/h5,8-13,18H,1-4,6-7,14-15H2,(H,24,28).